The van der Waals surface area contributed by atoms with Gasteiger partial charge in [-0.1, -0.05) is 41.9 Å². The normalized spacial score (nSPS) is 17.3. The lowest BCUT2D eigenvalue weighted by Gasteiger charge is -2.21. The fourth-order valence-electron chi connectivity index (χ4n) is 2.92. The average molecular weight is 387 g/mol. The highest BCUT2D eigenvalue weighted by atomic mass is 35.5. The highest BCUT2D eigenvalue weighted by Gasteiger charge is 2.39. The van der Waals surface area contributed by atoms with Crippen LogP contribution in [0.5, 0.6) is 0 Å². The van der Waals surface area contributed by atoms with Crippen molar-refractivity contribution in [2.24, 2.45) is 5.10 Å². The van der Waals surface area contributed by atoms with Crippen molar-refractivity contribution in [1.82, 2.24) is 4.41 Å². The number of hydrogen-bond donors (Lipinski definition) is 0. The molecular formula is C19H15ClN2O3S. The standard InChI is InChI=1S/C19H15ClN2O3S/c20-15-10-8-14(9-11-15)17-13-18(19-7-4-12-25-19)22(21-17)26(23,24)16-5-2-1-3-6-16/h1-12,18H,13H2/t18-/m0/s1. The monoisotopic (exact) mass is 386 g/mol. The van der Waals surface area contributed by atoms with Gasteiger partial charge in [0, 0.05) is 11.4 Å². The summed E-state index contributed by atoms with van der Waals surface area (Å²) in [6, 6.07) is 18.4. The SMILES string of the molecule is O=S(=O)(c1ccccc1)N1N=C(c2ccc(Cl)cc2)C[C@H]1c1ccco1. The molecule has 0 fully saturated rings. The van der Waals surface area contributed by atoms with Crippen LogP contribution in [0.15, 0.2) is 87.4 Å². The lowest BCUT2D eigenvalue weighted by Crippen LogP contribution is -2.27. The maximum atomic E-state index is 13.1. The van der Waals surface area contributed by atoms with Crippen LogP contribution < -0.4 is 0 Å². The Morgan fingerprint density at radius 1 is 1.00 bits per heavy atom. The Bertz CT molecular complexity index is 1030. The van der Waals surface area contributed by atoms with E-state index in [1.807, 2.05) is 12.1 Å². The summed E-state index contributed by atoms with van der Waals surface area (Å²) in [5, 5.41) is 5.05. The lowest BCUT2D eigenvalue weighted by molar-refractivity contribution is 0.320. The number of rotatable bonds is 4. The zero-order chi connectivity index (χ0) is 18.1. The fourth-order valence-corrected chi connectivity index (χ4v) is 4.48. The zero-order valence-electron chi connectivity index (χ0n) is 13.6. The molecule has 0 N–H and O–H groups in total. The molecular weight excluding hydrogens is 372 g/mol. The van der Waals surface area contributed by atoms with Crippen molar-refractivity contribution in [3.05, 3.63) is 89.3 Å². The number of nitrogens with zero attached hydrogens (tertiary/aromatic N) is 2. The summed E-state index contributed by atoms with van der Waals surface area (Å²) >= 11 is 5.95. The molecule has 0 radical (unpaired) electrons. The van der Waals surface area contributed by atoms with Crippen molar-refractivity contribution in [3.63, 3.8) is 0 Å². The second-order valence-corrected chi connectivity index (χ2v) is 8.11. The maximum Gasteiger partial charge on any atom is 0.279 e. The van der Waals surface area contributed by atoms with Crippen molar-refractivity contribution in [2.45, 2.75) is 17.4 Å². The molecule has 4 rings (SSSR count). The number of hydrogen-bond acceptors (Lipinski definition) is 4. The van der Waals surface area contributed by atoms with Crippen molar-refractivity contribution < 1.29 is 12.8 Å². The van der Waals surface area contributed by atoms with Gasteiger partial charge in [-0.2, -0.15) is 17.9 Å². The second kappa shape index (κ2) is 6.63. The van der Waals surface area contributed by atoms with Crippen LogP contribution in [0, 0.1) is 0 Å². The Kier molecular flexibility index (Phi) is 4.30. The third-order valence-electron chi connectivity index (χ3n) is 4.21. The predicted molar refractivity (Wildman–Crippen MR) is 99.5 cm³/mol. The third kappa shape index (κ3) is 3.02. The topological polar surface area (TPSA) is 62.9 Å². The van der Waals surface area contributed by atoms with Gasteiger partial charge >= 0.3 is 0 Å². The summed E-state index contributed by atoms with van der Waals surface area (Å²) in [6.07, 6.45) is 1.95. The van der Waals surface area contributed by atoms with Crippen LogP contribution in [0.2, 0.25) is 5.02 Å². The van der Waals surface area contributed by atoms with Gasteiger partial charge in [0.2, 0.25) is 0 Å². The fraction of sp³-hybridized carbons (Fsp3) is 0.105. The third-order valence-corrected chi connectivity index (χ3v) is 6.16. The highest BCUT2D eigenvalue weighted by Crippen LogP contribution is 2.37. The molecule has 3 aromatic rings. The Morgan fingerprint density at radius 2 is 1.73 bits per heavy atom. The molecule has 2 aromatic carbocycles. The summed E-state index contributed by atoms with van der Waals surface area (Å²) in [5.41, 5.74) is 1.50. The minimum Gasteiger partial charge on any atom is -0.467 e. The number of sulfonamides is 1. The van der Waals surface area contributed by atoms with E-state index in [2.05, 4.69) is 5.10 Å². The van der Waals surface area contributed by atoms with Gasteiger partial charge in [0.15, 0.2) is 0 Å². The molecule has 0 saturated carbocycles. The minimum atomic E-state index is -3.80. The number of furan rings is 1. The van der Waals surface area contributed by atoms with Crippen LogP contribution in [-0.4, -0.2) is 18.5 Å². The van der Waals surface area contributed by atoms with Crippen molar-refractivity contribution in [1.29, 1.82) is 0 Å². The molecule has 26 heavy (non-hydrogen) atoms. The van der Waals surface area contributed by atoms with E-state index in [-0.39, 0.29) is 4.90 Å². The Labute approximate surface area is 156 Å². The number of hydrazone groups is 1. The summed E-state index contributed by atoms with van der Waals surface area (Å²) in [7, 11) is -3.80. The van der Waals surface area contributed by atoms with Gasteiger partial charge < -0.3 is 4.42 Å². The molecule has 0 aliphatic carbocycles. The maximum absolute atomic E-state index is 13.1. The Balaban J connectivity index is 1.78. The molecule has 0 saturated heterocycles. The van der Waals surface area contributed by atoms with Gasteiger partial charge in [-0.15, -0.1) is 0 Å². The first-order chi connectivity index (χ1) is 12.6. The van der Waals surface area contributed by atoms with E-state index in [4.69, 9.17) is 16.0 Å². The lowest BCUT2D eigenvalue weighted by atomic mass is 10.0. The first-order valence-electron chi connectivity index (χ1n) is 8.02. The predicted octanol–water partition coefficient (Wildman–Crippen LogP) is 4.47. The van der Waals surface area contributed by atoms with Crippen molar-refractivity contribution >= 4 is 27.3 Å². The van der Waals surface area contributed by atoms with Crippen LogP contribution in [0.3, 0.4) is 0 Å². The summed E-state index contributed by atoms with van der Waals surface area (Å²) < 4.78 is 32.9. The van der Waals surface area contributed by atoms with E-state index in [0.29, 0.717) is 22.9 Å². The Hall–Kier alpha value is -2.57. The smallest absolute Gasteiger partial charge is 0.279 e. The number of halogens is 1. The minimum absolute atomic E-state index is 0.192. The molecule has 1 aliphatic rings. The largest absolute Gasteiger partial charge is 0.467 e. The van der Waals surface area contributed by atoms with Crippen LogP contribution in [0.25, 0.3) is 0 Å². The molecule has 1 atom stereocenters. The molecule has 5 nitrogen and oxygen atoms in total. The average Bonchev–Trinajstić information content (AvgIpc) is 3.33. The first-order valence-corrected chi connectivity index (χ1v) is 9.84. The summed E-state index contributed by atoms with van der Waals surface area (Å²) in [5.74, 6) is 0.553. The second-order valence-electron chi connectivity index (χ2n) is 5.88. The quantitative estimate of drug-likeness (QED) is 0.664. The van der Waals surface area contributed by atoms with E-state index in [1.54, 1.807) is 54.6 Å². The summed E-state index contributed by atoms with van der Waals surface area (Å²) in [4.78, 5) is 0.192. The Morgan fingerprint density at radius 3 is 2.38 bits per heavy atom. The number of benzene rings is 2. The van der Waals surface area contributed by atoms with Crippen LogP contribution in [-0.2, 0) is 10.0 Å². The van der Waals surface area contributed by atoms with Gasteiger partial charge in [0.05, 0.1) is 16.9 Å². The van der Waals surface area contributed by atoms with Gasteiger partial charge in [-0.25, -0.2) is 0 Å². The van der Waals surface area contributed by atoms with E-state index < -0.39 is 16.1 Å². The van der Waals surface area contributed by atoms with E-state index in [0.717, 1.165) is 9.98 Å². The van der Waals surface area contributed by atoms with Crippen LogP contribution in [0.4, 0.5) is 0 Å². The molecule has 0 spiro atoms. The molecule has 1 aliphatic heterocycles. The van der Waals surface area contributed by atoms with Gasteiger partial charge in [-0.05, 0) is 42.0 Å². The highest BCUT2D eigenvalue weighted by molar-refractivity contribution is 7.89. The van der Waals surface area contributed by atoms with E-state index in [1.165, 1.54) is 6.26 Å². The van der Waals surface area contributed by atoms with Crippen LogP contribution in [0.1, 0.15) is 23.8 Å². The van der Waals surface area contributed by atoms with Gasteiger partial charge in [0.25, 0.3) is 10.0 Å². The van der Waals surface area contributed by atoms with Crippen molar-refractivity contribution in [2.75, 3.05) is 0 Å². The van der Waals surface area contributed by atoms with E-state index >= 15 is 0 Å². The molecule has 0 amide bonds. The molecule has 0 bridgehead atoms. The first kappa shape index (κ1) is 16.9. The van der Waals surface area contributed by atoms with Gasteiger partial charge in [-0.3, -0.25) is 0 Å². The summed E-state index contributed by atoms with van der Waals surface area (Å²) in [6.45, 7) is 0. The zero-order valence-corrected chi connectivity index (χ0v) is 15.2. The molecule has 2 heterocycles. The van der Waals surface area contributed by atoms with Crippen LogP contribution >= 0.6 is 11.6 Å². The molecule has 7 heteroatoms. The molecule has 1 aromatic heterocycles. The van der Waals surface area contributed by atoms with Gasteiger partial charge in [0.1, 0.15) is 11.8 Å². The van der Waals surface area contributed by atoms with E-state index in [9.17, 15) is 8.42 Å². The molecule has 0 unspecified atom stereocenters. The van der Waals surface area contributed by atoms with Crippen molar-refractivity contribution in [3.8, 4) is 0 Å². The molecule has 132 valence electrons.